The van der Waals surface area contributed by atoms with Crippen LogP contribution in [0.1, 0.15) is 4.88 Å². The second kappa shape index (κ2) is 12.7. The molecule has 0 saturated carbocycles. The number of hydrogen-bond acceptors (Lipinski definition) is 11. The predicted molar refractivity (Wildman–Crippen MR) is 182 cm³/mol. The molecule has 0 radical (unpaired) electrons. The Hall–Kier alpha value is -4.81. The molecule has 0 saturated heterocycles. The first-order chi connectivity index (χ1) is 22.1. The Morgan fingerprint density at radius 1 is 0.511 bits per heavy atom. The average Bonchev–Trinajstić information content (AvgIpc) is 3.88. The van der Waals surface area contributed by atoms with Crippen LogP contribution in [0.5, 0.6) is 11.5 Å². The summed E-state index contributed by atoms with van der Waals surface area (Å²) >= 11 is 7.17. The van der Waals surface area contributed by atoms with E-state index in [1.165, 1.54) is 40.3 Å². The van der Waals surface area contributed by atoms with Gasteiger partial charge in [0.1, 0.15) is 11.5 Å². The summed E-state index contributed by atoms with van der Waals surface area (Å²) in [6, 6.07) is 27.8. The molecule has 0 aliphatic heterocycles. The van der Waals surface area contributed by atoms with E-state index in [0.29, 0.717) is 41.5 Å². The molecule has 11 heteroatoms. The van der Waals surface area contributed by atoms with Crippen molar-refractivity contribution in [3.8, 4) is 74.0 Å². The molecule has 45 heavy (non-hydrogen) atoms. The van der Waals surface area contributed by atoms with E-state index in [4.69, 9.17) is 14.5 Å². The van der Waals surface area contributed by atoms with Crippen LogP contribution in [0.25, 0.3) is 62.5 Å². The lowest BCUT2D eigenvalue weighted by atomic mass is 10.1. The van der Waals surface area contributed by atoms with Gasteiger partial charge in [0, 0.05) is 69.6 Å². The first kappa shape index (κ1) is 28.9. The first-order valence-electron chi connectivity index (χ1n) is 13.6. The molecule has 0 aliphatic rings. The largest absolute Gasteiger partial charge is 0.429 e. The van der Waals surface area contributed by atoms with Crippen LogP contribution in [0.2, 0.25) is 0 Å². The van der Waals surface area contributed by atoms with Gasteiger partial charge < -0.3 is 9.47 Å². The van der Waals surface area contributed by atoms with Crippen molar-refractivity contribution in [3.05, 3.63) is 102 Å². The van der Waals surface area contributed by atoms with Crippen LogP contribution in [-0.4, -0.2) is 27.9 Å². The van der Waals surface area contributed by atoms with Gasteiger partial charge in [0.2, 0.25) is 0 Å². The molecule has 7 rings (SSSR count). The van der Waals surface area contributed by atoms with Crippen LogP contribution in [-0.2, 0) is 9.59 Å². The van der Waals surface area contributed by atoms with Crippen molar-refractivity contribution >= 4 is 58.3 Å². The monoisotopic (exact) mass is 663 g/mol. The van der Waals surface area contributed by atoms with E-state index in [9.17, 15) is 9.59 Å². The summed E-state index contributed by atoms with van der Waals surface area (Å²) in [6.07, 6.45) is 3.25. The van der Waals surface area contributed by atoms with Gasteiger partial charge >= 0.3 is 0 Å². The molecule has 7 nitrogen and oxygen atoms in total. The van der Waals surface area contributed by atoms with Crippen LogP contribution in [0.15, 0.2) is 97.3 Å². The Morgan fingerprint density at radius 3 is 1.56 bits per heavy atom. The van der Waals surface area contributed by atoms with Crippen LogP contribution < -0.4 is 9.47 Å². The lowest BCUT2D eigenvalue weighted by molar-refractivity contribution is -0.121. The van der Waals surface area contributed by atoms with Crippen molar-refractivity contribution in [1.29, 1.82) is 0 Å². The van der Waals surface area contributed by atoms with Crippen molar-refractivity contribution in [2.75, 3.05) is 0 Å². The average molecular weight is 664 g/mol. The van der Waals surface area contributed by atoms with E-state index >= 15 is 0 Å². The summed E-state index contributed by atoms with van der Waals surface area (Å²) in [5.41, 5.74) is 2.98. The maximum Gasteiger partial charge on any atom is 0.298 e. The molecule has 0 aliphatic carbocycles. The summed E-state index contributed by atoms with van der Waals surface area (Å²) in [5.74, 6) is 0.608. The molecule has 220 valence electrons. The Kier molecular flexibility index (Phi) is 8.14. The summed E-state index contributed by atoms with van der Waals surface area (Å²) < 4.78 is 10.1. The Labute approximate surface area is 274 Å². The van der Waals surface area contributed by atoms with Gasteiger partial charge in [-0.2, -0.15) is 0 Å². The summed E-state index contributed by atoms with van der Waals surface area (Å²) in [7, 11) is 0. The zero-order valence-corrected chi connectivity index (χ0v) is 26.8. The van der Waals surface area contributed by atoms with E-state index in [-0.39, 0.29) is 5.75 Å². The molecule has 0 spiro atoms. The molecular weight excluding hydrogens is 643 g/mol. The number of aromatic nitrogens is 3. The lowest BCUT2D eigenvalue weighted by Gasteiger charge is -2.09. The Morgan fingerprint density at radius 2 is 0.978 bits per heavy atom. The van der Waals surface area contributed by atoms with Gasteiger partial charge in [-0.15, -0.1) is 45.3 Å². The fourth-order valence-corrected chi connectivity index (χ4v) is 8.85. The minimum Gasteiger partial charge on any atom is -0.429 e. The van der Waals surface area contributed by atoms with Crippen molar-refractivity contribution in [2.45, 2.75) is 6.92 Å². The number of carbonyl (C=O) groups is 2. The van der Waals surface area contributed by atoms with Crippen LogP contribution >= 0.6 is 45.3 Å². The molecule has 7 aromatic rings. The highest BCUT2D eigenvalue weighted by Crippen LogP contribution is 2.44. The van der Waals surface area contributed by atoms with Crippen LogP contribution in [0, 0.1) is 6.92 Å². The highest BCUT2D eigenvalue weighted by Gasteiger charge is 2.15. The molecule has 0 bridgehead atoms. The second-order valence-electron chi connectivity index (χ2n) is 9.71. The zero-order chi connectivity index (χ0) is 30.8. The predicted octanol–water partition coefficient (Wildman–Crippen LogP) is 9.50. The SMILES string of the molecule is Cc1ccc(-c2ccc(-c3ccc(-c4ccc(-c5ccnc(-c6cc(OC=O)cc(-c7cc(OC=O)ccn7)n6)c5)s4)s3)s2)s1. The molecule has 0 unspecified atom stereocenters. The van der Waals surface area contributed by atoms with Gasteiger partial charge in [0.15, 0.2) is 0 Å². The van der Waals surface area contributed by atoms with Gasteiger partial charge in [-0.05, 0) is 79.2 Å². The van der Waals surface area contributed by atoms with Gasteiger partial charge in [-0.1, -0.05) is 0 Å². The van der Waals surface area contributed by atoms with Gasteiger partial charge in [0.05, 0.1) is 22.8 Å². The highest BCUT2D eigenvalue weighted by molar-refractivity contribution is 7.29. The van der Waals surface area contributed by atoms with E-state index < -0.39 is 0 Å². The maximum absolute atomic E-state index is 11.2. The zero-order valence-electron chi connectivity index (χ0n) is 23.5. The topological polar surface area (TPSA) is 91.3 Å². The standard InChI is InChI=1S/C34H21N3O4S4/c1-20-2-3-29(42-20)30-6-7-33(44-30)34-9-8-32(45-34)31-5-4-28(43-31)21-10-12-35-24(14-21)26-16-23(41-19-39)17-27(37-26)25-15-22(40-18-38)11-13-36-25/h2-19H,1H3. The second-order valence-corrected chi connectivity index (χ2v) is 14.2. The number of hydrogen-bond donors (Lipinski definition) is 0. The van der Waals surface area contributed by atoms with Crippen molar-refractivity contribution in [1.82, 2.24) is 15.0 Å². The normalized spacial score (nSPS) is 11.0. The van der Waals surface area contributed by atoms with Crippen molar-refractivity contribution < 1.29 is 19.1 Å². The molecule has 0 fully saturated rings. The smallest absolute Gasteiger partial charge is 0.298 e. The van der Waals surface area contributed by atoms with Crippen molar-refractivity contribution in [2.24, 2.45) is 0 Å². The van der Waals surface area contributed by atoms with E-state index in [2.05, 4.69) is 65.4 Å². The molecule has 0 aromatic carbocycles. The number of pyridine rings is 3. The fourth-order valence-electron chi connectivity index (χ4n) is 4.69. The summed E-state index contributed by atoms with van der Waals surface area (Å²) in [6.45, 7) is 2.84. The third kappa shape index (κ3) is 6.24. The molecule has 7 aromatic heterocycles. The van der Waals surface area contributed by atoms with Crippen molar-refractivity contribution in [3.63, 3.8) is 0 Å². The number of ether oxygens (including phenoxy) is 2. The molecule has 0 amide bonds. The third-order valence-electron chi connectivity index (χ3n) is 6.75. The summed E-state index contributed by atoms with van der Waals surface area (Å²) in [4.78, 5) is 45.6. The Bertz CT molecular complexity index is 2160. The number of nitrogens with zero attached hydrogens (tertiary/aromatic N) is 3. The third-order valence-corrected chi connectivity index (χ3v) is 11.6. The number of thiophene rings is 4. The maximum atomic E-state index is 11.2. The lowest BCUT2D eigenvalue weighted by Crippen LogP contribution is -1.97. The Balaban J connectivity index is 1.16. The van der Waals surface area contributed by atoms with E-state index in [1.54, 1.807) is 53.1 Å². The van der Waals surface area contributed by atoms with E-state index in [1.807, 2.05) is 34.8 Å². The quantitative estimate of drug-likeness (QED) is 0.135. The number of rotatable bonds is 10. The highest BCUT2D eigenvalue weighted by atomic mass is 32.1. The van der Waals surface area contributed by atoms with Crippen LogP contribution in [0.4, 0.5) is 0 Å². The van der Waals surface area contributed by atoms with Gasteiger partial charge in [-0.25, -0.2) is 4.98 Å². The molecule has 0 atom stereocenters. The van der Waals surface area contributed by atoms with E-state index in [0.717, 1.165) is 10.4 Å². The summed E-state index contributed by atoms with van der Waals surface area (Å²) in [5, 5.41) is 0. The number of aryl methyl sites for hydroxylation is 1. The minimum atomic E-state index is 0.288. The van der Waals surface area contributed by atoms with Gasteiger partial charge in [-0.3, -0.25) is 19.6 Å². The number of carbonyl (C=O) groups excluding carboxylic acids is 2. The van der Waals surface area contributed by atoms with Crippen LogP contribution in [0.3, 0.4) is 0 Å². The molecule has 7 heterocycles. The fraction of sp³-hybridized carbons (Fsp3) is 0.0294. The first-order valence-corrected chi connectivity index (χ1v) is 16.9. The molecular formula is C34H21N3O4S4. The molecule has 0 N–H and O–H groups in total. The van der Waals surface area contributed by atoms with Gasteiger partial charge in [0.25, 0.3) is 12.9 Å². The minimum absolute atomic E-state index is 0.288.